The van der Waals surface area contributed by atoms with E-state index in [1.165, 1.54) is 50.5 Å². The van der Waals surface area contributed by atoms with Crippen LogP contribution in [-0.4, -0.2) is 33.6 Å². The van der Waals surface area contributed by atoms with E-state index in [0.29, 0.717) is 35.2 Å². The highest BCUT2D eigenvalue weighted by Gasteiger charge is 2.58. The van der Waals surface area contributed by atoms with Crippen molar-refractivity contribution in [3.8, 4) is 0 Å². The molecule has 3 aliphatic carbocycles. The molecular formula is C26H44O3. The molecule has 0 saturated heterocycles. The monoisotopic (exact) mass is 404 g/mol. The fourth-order valence-electron chi connectivity index (χ4n) is 7.14. The summed E-state index contributed by atoms with van der Waals surface area (Å²) in [6, 6.07) is 0. The first-order valence-corrected chi connectivity index (χ1v) is 12.1. The van der Waals surface area contributed by atoms with Crippen LogP contribution in [0.4, 0.5) is 0 Å². The molecule has 0 spiro atoms. The van der Waals surface area contributed by atoms with E-state index in [0.717, 1.165) is 25.2 Å². The van der Waals surface area contributed by atoms with Crippen LogP contribution >= 0.6 is 0 Å². The van der Waals surface area contributed by atoms with Crippen LogP contribution in [0.25, 0.3) is 0 Å². The van der Waals surface area contributed by atoms with Crippen LogP contribution in [0.15, 0.2) is 23.8 Å². The van der Waals surface area contributed by atoms with Gasteiger partial charge in [-0.2, -0.15) is 0 Å². The normalized spacial score (nSPS) is 39.9. The lowest BCUT2D eigenvalue weighted by Crippen LogP contribution is -2.45. The number of allylic oxidation sites excluding steroid dienone is 1. The van der Waals surface area contributed by atoms with Gasteiger partial charge in [-0.1, -0.05) is 57.8 Å². The molecule has 0 aromatic heterocycles. The van der Waals surface area contributed by atoms with Gasteiger partial charge in [0.15, 0.2) is 0 Å². The summed E-state index contributed by atoms with van der Waals surface area (Å²) in [5.41, 5.74) is 2.47. The van der Waals surface area contributed by atoms with E-state index in [1.54, 1.807) is 0 Å². The molecular weight excluding hydrogens is 360 g/mol. The van der Waals surface area contributed by atoms with Gasteiger partial charge in [0.25, 0.3) is 0 Å². The SMILES string of the molecule is C=C1[C@H](O)CC(=CCC2(C(C)CCC[C@@H](C)O)CC[C@@H]3CCCC[C@]32C)C[C@H]1O. The minimum Gasteiger partial charge on any atom is -0.393 e. The first-order chi connectivity index (χ1) is 13.7. The maximum atomic E-state index is 10.3. The topological polar surface area (TPSA) is 60.7 Å². The second kappa shape index (κ2) is 9.24. The fourth-order valence-corrected chi connectivity index (χ4v) is 7.14. The summed E-state index contributed by atoms with van der Waals surface area (Å²) in [5, 5.41) is 30.2. The summed E-state index contributed by atoms with van der Waals surface area (Å²) < 4.78 is 0. The van der Waals surface area contributed by atoms with Crippen molar-refractivity contribution in [3.05, 3.63) is 23.8 Å². The van der Waals surface area contributed by atoms with Crippen LogP contribution in [0.2, 0.25) is 0 Å². The zero-order chi connectivity index (χ0) is 21.2. The van der Waals surface area contributed by atoms with Crippen LogP contribution in [0.3, 0.4) is 0 Å². The highest BCUT2D eigenvalue weighted by Crippen LogP contribution is 2.67. The van der Waals surface area contributed by atoms with E-state index >= 15 is 0 Å². The Morgan fingerprint density at radius 3 is 2.41 bits per heavy atom. The zero-order valence-corrected chi connectivity index (χ0v) is 19.0. The lowest BCUT2D eigenvalue weighted by molar-refractivity contribution is -0.0281. The Labute approximate surface area is 178 Å². The number of hydrogen-bond acceptors (Lipinski definition) is 3. The van der Waals surface area contributed by atoms with E-state index in [-0.39, 0.29) is 6.10 Å². The first kappa shape index (κ1) is 23.0. The molecule has 0 aromatic rings. The molecule has 3 fully saturated rings. The Morgan fingerprint density at radius 2 is 1.76 bits per heavy atom. The highest BCUT2D eigenvalue weighted by molar-refractivity contribution is 5.24. The van der Waals surface area contributed by atoms with Gasteiger partial charge in [0.2, 0.25) is 0 Å². The molecule has 3 aliphatic rings. The Morgan fingerprint density at radius 1 is 1.07 bits per heavy atom. The predicted molar refractivity (Wildman–Crippen MR) is 120 cm³/mol. The van der Waals surface area contributed by atoms with Gasteiger partial charge in [-0.15, -0.1) is 0 Å². The average molecular weight is 405 g/mol. The number of aliphatic hydroxyl groups excluding tert-OH is 3. The number of aliphatic hydroxyl groups is 3. The molecule has 0 aromatic carbocycles. The van der Waals surface area contributed by atoms with Crippen molar-refractivity contribution in [2.75, 3.05) is 0 Å². The Balaban J connectivity index is 1.82. The predicted octanol–water partition coefficient (Wildman–Crippen LogP) is 5.54. The Kier molecular flexibility index (Phi) is 7.34. The standard InChI is InChI=1S/C26H44O3/c1-18(8-7-9-19(2)27)26(15-12-22-10-5-6-13-25(22,26)4)14-11-21-16-23(28)20(3)24(29)17-21/h11,18-19,22-24,27-29H,3,5-10,12-17H2,1-2,4H3/t18?,19-,22+,23-,24-,25-,26?/m1/s1. The summed E-state index contributed by atoms with van der Waals surface area (Å²) in [5.74, 6) is 1.47. The largest absolute Gasteiger partial charge is 0.393 e. The van der Waals surface area contributed by atoms with E-state index in [2.05, 4.69) is 26.5 Å². The second-order valence-corrected chi connectivity index (χ2v) is 10.8. The highest BCUT2D eigenvalue weighted by atomic mass is 16.3. The van der Waals surface area contributed by atoms with Crippen molar-refractivity contribution in [3.63, 3.8) is 0 Å². The van der Waals surface area contributed by atoms with E-state index in [4.69, 9.17) is 0 Å². The molecule has 0 amide bonds. The molecule has 0 bridgehead atoms. The molecule has 29 heavy (non-hydrogen) atoms. The second-order valence-electron chi connectivity index (χ2n) is 10.8. The van der Waals surface area contributed by atoms with Crippen LogP contribution in [-0.2, 0) is 0 Å². The molecule has 0 aliphatic heterocycles. The smallest absolute Gasteiger partial charge is 0.0809 e. The van der Waals surface area contributed by atoms with Gasteiger partial charge < -0.3 is 15.3 Å². The summed E-state index contributed by atoms with van der Waals surface area (Å²) >= 11 is 0. The molecule has 3 heteroatoms. The summed E-state index contributed by atoms with van der Waals surface area (Å²) in [4.78, 5) is 0. The van der Waals surface area contributed by atoms with Crippen LogP contribution < -0.4 is 0 Å². The van der Waals surface area contributed by atoms with Crippen molar-refractivity contribution >= 4 is 0 Å². The average Bonchev–Trinajstić information content (AvgIpc) is 2.97. The van der Waals surface area contributed by atoms with Crippen molar-refractivity contribution < 1.29 is 15.3 Å². The summed E-state index contributed by atoms with van der Waals surface area (Å²) in [6.45, 7) is 10.8. The fraction of sp³-hybridized carbons (Fsp3) is 0.846. The zero-order valence-electron chi connectivity index (χ0n) is 19.0. The van der Waals surface area contributed by atoms with Gasteiger partial charge in [-0.05, 0) is 86.5 Å². The lowest BCUT2D eigenvalue weighted by Gasteiger charge is -2.53. The summed E-state index contributed by atoms with van der Waals surface area (Å²) in [7, 11) is 0. The van der Waals surface area contributed by atoms with Gasteiger partial charge in [0.1, 0.15) is 0 Å². The quantitative estimate of drug-likeness (QED) is 0.488. The summed E-state index contributed by atoms with van der Waals surface area (Å²) in [6.07, 6.45) is 14.5. The molecule has 2 unspecified atom stereocenters. The van der Waals surface area contributed by atoms with Crippen molar-refractivity contribution in [2.45, 2.75) is 116 Å². The number of hydrogen-bond donors (Lipinski definition) is 3. The minimum absolute atomic E-state index is 0.208. The van der Waals surface area contributed by atoms with Crippen LogP contribution in [0.1, 0.15) is 97.8 Å². The van der Waals surface area contributed by atoms with Crippen molar-refractivity contribution in [1.29, 1.82) is 0 Å². The first-order valence-electron chi connectivity index (χ1n) is 12.1. The third-order valence-corrected chi connectivity index (χ3v) is 9.20. The maximum absolute atomic E-state index is 10.3. The molecule has 0 heterocycles. The third kappa shape index (κ3) is 4.52. The van der Waals surface area contributed by atoms with Gasteiger partial charge in [-0.25, -0.2) is 0 Å². The van der Waals surface area contributed by atoms with Crippen LogP contribution in [0, 0.1) is 22.7 Å². The van der Waals surface area contributed by atoms with E-state index in [9.17, 15) is 15.3 Å². The number of rotatable bonds is 7. The molecule has 3 N–H and O–H groups in total. The molecule has 0 radical (unpaired) electrons. The Hall–Kier alpha value is -0.640. The third-order valence-electron chi connectivity index (χ3n) is 9.20. The number of fused-ring (bicyclic) bond motifs is 1. The van der Waals surface area contributed by atoms with Crippen LogP contribution in [0.5, 0.6) is 0 Å². The van der Waals surface area contributed by atoms with Gasteiger partial charge in [0.05, 0.1) is 18.3 Å². The molecule has 7 atom stereocenters. The lowest BCUT2D eigenvalue weighted by atomic mass is 9.52. The van der Waals surface area contributed by atoms with Crippen molar-refractivity contribution in [1.82, 2.24) is 0 Å². The van der Waals surface area contributed by atoms with Gasteiger partial charge in [0, 0.05) is 0 Å². The Bertz CT molecular complexity index is 593. The van der Waals surface area contributed by atoms with Gasteiger partial charge in [-0.3, -0.25) is 0 Å². The van der Waals surface area contributed by atoms with Gasteiger partial charge >= 0.3 is 0 Å². The molecule has 3 saturated carbocycles. The van der Waals surface area contributed by atoms with E-state index < -0.39 is 12.2 Å². The molecule has 3 rings (SSSR count). The molecule has 166 valence electrons. The molecule has 3 nitrogen and oxygen atoms in total. The maximum Gasteiger partial charge on any atom is 0.0809 e. The van der Waals surface area contributed by atoms with Crippen molar-refractivity contribution in [2.24, 2.45) is 22.7 Å². The minimum atomic E-state index is -0.606. The van der Waals surface area contributed by atoms with E-state index in [1.807, 2.05) is 6.92 Å².